The topological polar surface area (TPSA) is 86.9 Å². The number of carbonyl (C=O) groups is 1. The minimum absolute atomic E-state index is 0.464. The molecule has 0 bridgehead atoms. The third kappa shape index (κ3) is 3.56. The number of amides is 1. The number of carbonyl (C=O) groups excluding carboxylic acids is 1. The molecule has 4 N–H and O–H groups in total. The van der Waals surface area contributed by atoms with Crippen LogP contribution in [0.15, 0.2) is 17.3 Å². The second-order valence-electron chi connectivity index (χ2n) is 3.73. The smallest absolute Gasteiger partial charge is 0.237 e. The summed E-state index contributed by atoms with van der Waals surface area (Å²) in [7, 11) is 1.86. The molecule has 5 nitrogen and oxygen atoms in total. The van der Waals surface area contributed by atoms with Gasteiger partial charge in [-0.05, 0) is 13.3 Å². The molecule has 0 saturated heterocycles. The lowest BCUT2D eigenvalue weighted by atomic mass is 10.0. The second-order valence-corrected chi connectivity index (χ2v) is 4.90. The highest BCUT2D eigenvalue weighted by Crippen LogP contribution is 2.19. The molecule has 0 saturated carbocycles. The summed E-state index contributed by atoms with van der Waals surface area (Å²) < 4.78 is 1.73. The Morgan fingerprint density at radius 1 is 1.73 bits per heavy atom. The molecule has 15 heavy (non-hydrogen) atoms. The minimum Gasteiger partial charge on any atom is -0.368 e. The highest BCUT2D eigenvalue weighted by molar-refractivity contribution is 7.99. The van der Waals surface area contributed by atoms with Gasteiger partial charge in [-0.15, -0.1) is 11.8 Å². The maximum absolute atomic E-state index is 10.9. The van der Waals surface area contributed by atoms with Crippen molar-refractivity contribution in [3.05, 3.63) is 12.4 Å². The maximum atomic E-state index is 10.9. The van der Waals surface area contributed by atoms with Crippen molar-refractivity contribution in [3.63, 3.8) is 0 Å². The summed E-state index contributed by atoms with van der Waals surface area (Å²) >= 11 is 1.61. The molecule has 1 atom stereocenters. The number of thioether (sulfide) groups is 1. The van der Waals surface area contributed by atoms with Gasteiger partial charge in [0, 0.05) is 23.9 Å². The van der Waals surface area contributed by atoms with E-state index in [1.54, 1.807) is 29.6 Å². The van der Waals surface area contributed by atoms with Crippen LogP contribution in [0.2, 0.25) is 0 Å². The molecule has 1 rings (SSSR count). The maximum Gasteiger partial charge on any atom is 0.237 e. The van der Waals surface area contributed by atoms with E-state index in [1.807, 2.05) is 13.2 Å². The molecular weight excluding hydrogens is 212 g/mol. The Morgan fingerprint density at radius 3 is 2.87 bits per heavy atom. The molecule has 0 radical (unpaired) electrons. The molecule has 1 unspecified atom stereocenters. The Hall–Kier alpha value is -1.01. The van der Waals surface area contributed by atoms with Crippen LogP contribution < -0.4 is 11.5 Å². The van der Waals surface area contributed by atoms with E-state index in [2.05, 4.69) is 5.10 Å². The van der Waals surface area contributed by atoms with Crippen molar-refractivity contribution in [2.45, 2.75) is 23.8 Å². The summed E-state index contributed by atoms with van der Waals surface area (Å²) in [4.78, 5) is 12.0. The minimum atomic E-state index is -0.921. The number of hydrogen-bond acceptors (Lipinski definition) is 4. The van der Waals surface area contributed by atoms with Gasteiger partial charge >= 0.3 is 0 Å². The lowest BCUT2D eigenvalue weighted by molar-refractivity contribution is -0.122. The van der Waals surface area contributed by atoms with Gasteiger partial charge in [-0.25, -0.2) is 0 Å². The standard InChI is InChI=1S/C9H16N4OS/c1-9(11,8(10)14)3-4-15-7-5-12-13(2)6-7/h5-6H,3-4,11H2,1-2H3,(H2,10,14). The van der Waals surface area contributed by atoms with Crippen LogP contribution in [0.5, 0.6) is 0 Å². The zero-order valence-corrected chi connectivity index (χ0v) is 9.75. The van der Waals surface area contributed by atoms with Crippen LogP contribution in [-0.4, -0.2) is 27.0 Å². The van der Waals surface area contributed by atoms with Gasteiger partial charge in [0.2, 0.25) is 5.91 Å². The van der Waals surface area contributed by atoms with Crippen LogP contribution in [0.1, 0.15) is 13.3 Å². The lowest BCUT2D eigenvalue weighted by Crippen LogP contribution is -2.49. The first kappa shape index (κ1) is 12.1. The first-order valence-electron chi connectivity index (χ1n) is 4.62. The van der Waals surface area contributed by atoms with E-state index >= 15 is 0 Å². The van der Waals surface area contributed by atoms with Crippen LogP contribution in [0.25, 0.3) is 0 Å². The SMILES string of the molecule is Cn1cc(SCCC(C)(N)C(N)=O)cn1. The lowest BCUT2D eigenvalue weighted by Gasteiger charge is -2.19. The van der Waals surface area contributed by atoms with Crippen molar-refractivity contribution in [1.29, 1.82) is 0 Å². The average Bonchev–Trinajstić information content (AvgIpc) is 2.51. The fraction of sp³-hybridized carbons (Fsp3) is 0.556. The molecule has 0 aliphatic heterocycles. The van der Waals surface area contributed by atoms with Gasteiger partial charge in [0.05, 0.1) is 11.7 Å². The monoisotopic (exact) mass is 228 g/mol. The van der Waals surface area contributed by atoms with Crippen molar-refractivity contribution < 1.29 is 4.79 Å². The van der Waals surface area contributed by atoms with Crippen LogP contribution in [0.4, 0.5) is 0 Å². The highest BCUT2D eigenvalue weighted by Gasteiger charge is 2.24. The van der Waals surface area contributed by atoms with Crippen molar-refractivity contribution in [2.75, 3.05) is 5.75 Å². The normalized spacial score (nSPS) is 14.9. The molecule has 0 aliphatic rings. The fourth-order valence-electron chi connectivity index (χ4n) is 0.977. The molecule has 1 amide bonds. The summed E-state index contributed by atoms with van der Waals surface area (Å²) in [5.74, 6) is 0.288. The first-order valence-corrected chi connectivity index (χ1v) is 5.60. The van der Waals surface area contributed by atoms with Gasteiger partial charge in [0.25, 0.3) is 0 Å². The summed E-state index contributed by atoms with van der Waals surface area (Å²) in [5, 5.41) is 4.04. The van der Waals surface area contributed by atoms with Gasteiger partial charge in [0.1, 0.15) is 0 Å². The molecule has 1 aromatic rings. The summed E-state index contributed by atoms with van der Waals surface area (Å²) in [6.07, 6.45) is 4.26. The number of aromatic nitrogens is 2. The van der Waals surface area contributed by atoms with Crippen LogP contribution in [0.3, 0.4) is 0 Å². The third-order valence-corrected chi connectivity index (χ3v) is 3.09. The number of aryl methyl sites for hydroxylation is 1. The van der Waals surface area contributed by atoms with E-state index in [9.17, 15) is 4.79 Å². The van der Waals surface area contributed by atoms with E-state index in [0.29, 0.717) is 6.42 Å². The van der Waals surface area contributed by atoms with Gasteiger partial charge in [-0.2, -0.15) is 5.10 Å². The van der Waals surface area contributed by atoms with Crippen LogP contribution in [-0.2, 0) is 11.8 Å². The quantitative estimate of drug-likeness (QED) is 0.700. The summed E-state index contributed by atoms with van der Waals surface area (Å²) in [6.45, 7) is 1.65. The van der Waals surface area contributed by atoms with E-state index in [1.165, 1.54) is 0 Å². The number of primary amides is 1. The Bertz CT molecular complexity index is 348. The Labute approximate surface area is 93.2 Å². The molecule has 0 aliphatic carbocycles. The average molecular weight is 228 g/mol. The highest BCUT2D eigenvalue weighted by atomic mass is 32.2. The number of rotatable bonds is 5. The summed E-state index contributed by atoms with van der Waals surface area (Å²) in [6, 6.07) is 0. The largest absolute Gasteiger partial charge is 0.368 e. The van der Waals surface area contributed by atoms with Crippen molar-refractivity contribution in [1.82, 2.24) is 9.78 Å². The first-order chi connectivity index (χ1) is 6.92. The molecule has 0 aromatic carbocycles. The third-order valence-electron chi connectivity index (χ3n) is 2.13. The van der Waals surface area contributed by atoms with E-state index < -0.39 is 11.4 Å². The van der Waals surface area contributed by atoms with E-state index in [-0.39, 0.29) is 0 Å². The van der Waals surface area contributed by atoms with Crippen molar-refractivity contribution >= 4 is 17.7 Å². The van der Waals surface area contributed by atoms with Gasteiger partial charge in [-0.3, -0.25) is 9.48 Å². The predicted molar refractivity (Wildman–Crippen MR) is 60.3 cm³/mol. The Balaban J connectivity index is 2.36. The number of nitrogens with zero attached hydrogens (tertiary/aromatic N) is 2. The van der Waals surface area contributed by atoms with E-state index in [0.717, 1.165) is 10.6 Å². The Morgan fingerprint density at radius 2 is 2.40 bits per heavy atom. The zero-order valence-electron chi connectivity index (χ0n) is 8.93. The Kier molecular flexibility index (Phi) is 3.76. The van der Waals surface area contributed by atoms with E-state index in [4.69, 9.17) is 11.5 Å². The number of nitrogens with two attached hydrogens (primary N) is 2. The molecule has 6 heteroatoms. The molecular formula is C9H16N4OS. The molecule has 1 aromatic heterocycles. The second kappa shape index (κ2) is 4.67. The van der Waals surface area contributed by atoms with Gasteiger partial charge in [0.15, 0.2) is 0 Å². The number of hydrogen-bond donors (Lipinski definition) is 2. The van der Waals surface area contributed by atoms with Gasteiger partial charge < -0.3 is 11.5 Å². The van der Waals surface area contributed by atoms with Crippen LogP contribution >= 0.6 is 11.8 Å². The summed E-state index contributed by atoms with van der Waals surface area (Å²) in [5.41, 5.74) is 9.96. The fourth-order valence-corrected chi connectivity index (χ4v) is 2.09. The predicted octanol–water partition coefficient (Wildman–Crippen LogP) is 0.105. The molecule has 84 valence electrons. The zero-order chi connectivity index (χ0) is 11.5. The molecule has 0 fully saturated rings. The molecule has 1 heterocycles. The van der Waals surface area contributed by atoms with Gasteiger partial charge in [-0.1, -0.05) is 0 Å². The van der Waals surface area contributed by atoms with Crippen molar-refractivity contribution in [3.8, 4) is 0 Å². The molecule has 0 spiro atoms. The van der Waals surface area contributed by atoms with Crippen molar-refractivity contribution in [2.24, 2.45) is 18.5 Å². The van der Waals surface area contributed by atoms with Crippen LogP contribution in [0, 0.1) is 0 Å².